The summed E-state index contributed by atoms with van der Waals surface area (Å²) in [4.78, 5) is 18.7. The molecule has 5 heteroatoms. The summed E-state index contributed by atoms with van der Waals surface area (Å²) >= 11 is 7.64. The number of rotatable bonds is 4. The summed E-state index contributed by atoms with van der Waals surface area (Å²) in [5, 5.41) is 3.32. The molecule has 0 aliphatic heterocycles. The molecule has 2 aromatic carbocycles. The zero-order chi connectivity index (χ0) is 17.1. The first kappa shape index (κ1) is 16.7. The van der Waals surface area contributed by atoms with Crippen LogP contribution < -0.4 is 0 Å². The number of hydrogen-bond acceptors (Lipinski definition) is 3. The molecule has 1 amide bonds. The number of aromatic nitrogens is 1. The van der Waals surface area contributed by atoms with Crippen LogP contribution in [0.15, 0.2) is 53.9 Å². The first-order valence-electron chi connectivity index (χ1n) is 7.56. The van der Waals surface area contributed by atoms with Gasteiger partial charge in [-0.15, -0.1) is 11.3 Å². The van der Waals surface area contributed by atoms with Crippen molar-refractivity contribution >= 4 is 28.8 Å². The normalized spacial score (nSPS) is 10.6. The molecule has 122 valence electrons. The fraction of sp³-hybridized carbons (Fsp3) is 0.158. The summed E-state index contributed by atoms with van der Waals surface area (Å²) < 4.78 is 0. The van der Waals surface area contributed by atoms with Crippen molar-refractivity contribution in [1.82, 2.24) is 9.88 Å². The monoisotopic (exact) mass is 356 g/mol. The van der Waals surface area contributed by atoms with E-state index in [-0.39, 0.29) is 5.91 Å². The zero-order valence-corrected chi connectivity index (χ0v) is 15.1. The fourth-order valence-electron chi connectivity index (χ4n) is 2.35. The lowest BCUT2D eigenvalue weighted by molar-refractivity contribution is 0.0780. The number of halogens is 1. The third kappa shape index (κ3) is 3.66. The van der Waals surface area contributed by atoms with E-state index in [9.17, 15) is 4.79 Å². The molecule has 3 rings (SSSR count). The highest BCUT2D eigenvalue weighted by Crippen LogP contribution is 2.25. The number of aryl methyl sites for hydroxylation is 1. The van der Waals surface area contributed by atoms with Crippen molar-refractivity contribution in [3.8, 4) is 10.6 Å². The van der Waals surface area contributed by atoms with Crippen molar-refractivity contribution in [2.24, 2.45) is 0 Å². The average molecular weight is 357 g/mol. The quantitative estimate of drug-likeness (QED) is 0.655. The SMILES string of the molecule is Cc1ccc(-c2nc(C(=O)N(C)Cc3ccccc3Cl)cs2)cc1. The number of carbonyl (C=O) groups excluding carboxylic acids is 1. The van der Waals surface area contributed by atoms with E-state index in [0.717, 1.165) is 16.1 Å². The maximum atomic E-state index is 12.6. The lowest BCUT2D eigenvalue weighted by atomic mass is 10.2. The van der Waals surface area contributed by atoms with E-state index < -0.39 is 0 Å². The Morgan fingerprint density at radius 3 is 2.58 bits per heavy atom. The Hall–Kier alpha value is -2.17. The third-order valence-corrected chi connectivity index (χ3v) is 4.99. The lowest BCUT2D eigenvalue weighted by Gasteiger charge is -2.16. The summed E-state index contributed by atoms with van der Waals surface area (Å²) in [6, 6.07) is 15.7. The predicted octanol–water partition coefficient (Wildman–Crippen LogP) is 5.04. The van der Waals surface area contributed by atoms with Crippen molar-refractivity contribution in [2.45, 2.75) is 13.5 Å². The van der Waals surface area contributed by atoms with E-state index in [0.29, 0.717) is 17.3 Å². The van der Waals surface area contributed by atoms with E-state index >= 15 is 0 Å². The molecule has 0 radical (unpaired) electrons. The van der Waals surface area contributed by atoms with Crippen molar-refractivity contribution in [1.29, 1.82) is 0 Å². The molecule has 0 N–H and O–H groups in total. The molecule has 1 aromatic heterocycles. The second kappa shape index (κ2) is 7.16. The molecule has 3 aromatic rings. The fourth-order valence-corrected chi connectivity index (χ4v) is 3.35. The average Bonchev–Trinajstić information content (AvgIpc) is 3.07. The second-order valence-corrected chi connectivity index (χ2v) is 6.92. The summed E-state index contributed by atoms with van der Waals surface area (Å²) in [6.07, 6.45) is 0. The highest BCUT2D eigenvalue weighted by atomic mass is 35.5. The van der Waals surface area contributed by atoms with Gasteiger partial charge in [0.2, 0.25) is 0 Å². The Morgan fingerprint density at radius 2 is 1.88 bits per heavy atom. The van der Waals surface area contributed by atoms with Crippen molar-refractivity contribution in [3.63, 3.8) is 0 Å². The van der Waals surface area contributed by atoms with Gasteiger partial charge in [0.15, 0.2) is 0 Å². The topological polar surface area (TPSA) is 33.2 Å². The van der Waals surface area contributed by atoms with E-state index in [4.69, 9.17) is 11.6 Å². The highest BCUT2D eigenvalue weighted by molar-refractivity contribution is 7.13. The van der Waals surface area contributed by atoms with Gasteiger partial charge in [0, 0.05) is 29.6 Å². The Balaban J connectivity index is 1.75. The van der Waals surface area contributed by atoms with Crippen LogP contribution in [-0.4, -0.2) is 22.8 Å². The van der Waals surface area contributed by atoms with Gasteiger partial charge in [-0.1, -0.05) is 59.6 Å². The molecule has 0 atom stereocenters. The molecule has 0 fully saturated rings. The first-order valence-corrected chi connectivity index (χ1v) is 8.82. The van der Waals surface area contributed by atoms with E-state index in [2.05, 4.69) is 4.98 Å². The lowest BCUT2D eigenvalue weighted by Crippen LogP contribution is -2.26. The maximum Gasteiger partial charge on any atom is 0.273 e. The number of nitrogens with zero attached hydrogens (tertiary/aromatic N) is 2. The van der Waals surface area contributed by atoms with E-state index in [1.807, 2.05) is 55.5 Å². The van der Waals surface area contributed by atoms with Gasteiger partial charge >= 0.3 is 0 Å². The standard InChI is InChI=1S/C19H17ClN2OS/c1-13-7-9-14(10-8-13)18-21-17(12-24-18)19(23)22(2)11-15-5-3-4-6-16(15)20/h3-10,12H,11H2,1-2H3. The van der Waals surface area contributed by atoms with Gasteiger partial charge in [-0.05, 0) is 18.6 Å². The Bertz CT molecular complexity index is 858. The molecule has 1 heterocycles. The van der Waals surface area contributed by atoms with Crippen LogP contribution >= 0.6 is 22.9 Å². The van der Waals surface area contributed by atoms with Gasteiger partial charge in [0.25, 0.3) is 5.91 Å². The summed E-state index contributed by atoms with van der Waals surface area (Å²) in [5.74, 6) is -0.107. The Morgan fingerprint density at radius 1 is 1.17 bits per heavy atom. The highest BCUT2D eigenvalue weighted by Gasteiger charge is 2.17. The molecular formula is C19H17ClN2OS. The van der Waals surface area contributed by atoms with Gasteiger partial charge < -0.3 is 4.90 Å². The summed E-state index contributed by atoms with van der Waals surface area (Å²) in [6.45, 7) is 2.50. The van der Waals surface area contributed by atoms with Crippen LogP contribution in [0.25, 0.3) is 10.6 Å². The number of thiazole rings is 1. The summed E-state index contributed by atoms with van der Waals surface area (Å²) in [7, 11) is 1.76. The van der Waals surface area contributed by atoms with Crippen LogP contribution in [0.5, 0.6) is 0 Å². The molecule has 24 heavy (non-hydrogen) atoms. The van der Waals surface area contributed by atoms with Gasteiger partial charge in [0.05, 0.1) is 0 Å². The van der Waals surface area contributed by atoms with Crippen LogP contribution in [-0.2, 0) is 6.54 Å². The van der Waals surface area contributed by atoms with Crippen LogP contribution in [0.1, 0.15) is 21.6 Å². The maximum absolute atomic E-state index is 12.6. The van der Waals surface area contributed by atoms with Crippen LogP contribution in [0.3, 0.4) is 0 Å². The molecule has 3 nitrogen and oxygen atoms in total. The van der Waals surface area contributed by atoms with Gasteiger partial charge in [-0.25, -0.2) is 4.98 Å². The van der Waals surface area contributed by atoms with Crippen LogP contribution in [0.2, 0.25) is 5.02 Å². The molecule has 0 aliphatic rings. The van der Waals surface area contributed by atoms with Gasteiger partial charge in [-0.3, -0.25) is 4.79 Å². The minimum Gasteiger partial charge on any atom is -0.336 e. The molecular weight excluding hydrogens is 340 g/mol. The third-order valence-electron chi connectivity index (χ3n) is 3.73. The van der Waals surface area contributed by atoms with Crippen LogP contribution in [0.4, 0.5) is 0 Å². The first-order chi connectivity index (χ1) is 11.5. The second-order valence-electron chi connectivity index (χ2n) is 5.66. The van der Waals surface area contributed by atoms with E-state index in [1.54, 1.807) is 17.3 Å². The minimum atomic E-state index is -0.107. The van der Waals surface area contributed by atoms with Crippen molar-refractivity contribution in [2.75, 3.05) is 7.05 Å². The zero-order valence-electron chi connectivity index (χ0n) is 13.5. The molecule has 0 unspecified atom stereocenters. The minimum absolute atomic E-state index is 0.107. The van der Waals surface area contributed by atoms with Crippen LogP contribution in [0, 0.1) is 6.92 Å². The van der Waals surface area contributed by atoms with Gasteiger partial charge in [-0.2, -0.15) is 0 Å². The summed E-state index contributed by atoms with van der Waals surface area (Å²) in [5.41, 5.74) is 3.61. The van der Waals surface area contributed by atoms with Crippen molar-refractivity contribution in [3.05, 3.63) is 75.8 Å². The molecule has 0 spiro atoms. The smallest absolute Gasteiger partial charge is 0.273 e. The van der Waals surface area contributed by atoms with E-state index in [1.165, 1.54) is 16.9 Å². The van der Waals surface area contributed by atoms with Crippen molar-refractivity contribution < 1.29 is 4.79 Å². The van der Waals surface area contributed by atoms with Gasteiger partial charge in [0.1, 0.15) is 10.7 Å². The largest absolute Gasteiger partial charge is 0.336 e. The Labute approximate surface area is 150 Å². The number of hydrogen-bond donors (Lipinski definition) is 0. The molecule has 0 aliphatic carbocycles. The molecule has 0 saturated heterocycles. The number of benzene rings is 2. The predicted molar refractivity (Wildman–Crippen MR) is 99.5 cm³/mol. The number of amides is 1. The number of carbonyl (C=O) groups is 1. The molecule has 0 bridgehead atoms. The molecule has 0 saturated carbocycles. The Kier molecular flexibility index (Phi) is 4.97.